The summed E-state index contributed by atoms with van der Waals surface area (Å²) in [6.07, 6.45) is 0. The molecule has 9 rings (SSSR count). The van der Waals surface area contributed by atoms with Crippen LogP contribution < -0.4 is 0 Å². The molecule has 0 nitrogen and oxygen atoms in total. The van der Waals surface area contributed by atoms with Crippen LogP contribution in [0.5, 0.6) is 0 Å². The summed E-state index contributed by atoms with van der Waals surface area (Å²) in [5.41, 5.74) is 2.42. The maximum absolute atomic E-state index is 9.93. The van der Waals surface area contributed by atoms with Crippen LogP contribution in [0.3, 0.4) is 0 Å². The number of hydrogen-bond donors (Lipinski definition) is 0. The van der Waals surface area contributed by atoms with Crippen LogP contribution in [0.2, 0.25) is 0 Å². The van der Waals surface area contributed by atoms with Crippen LogP contribution in [0.15, 0.2) is 182 Å². The minimum absolute atomic E-state index is 0.0433. The van der Waals surface area contributed by atoms with Gasteiger partial charge in [-0.15, -0.1) is 0 Å². The Balaban J connectivity index is 1.50. The highest BCUT2D eigenvalue weighted by Crippen LogP contribution is 2.46. The molecule has 0 aromatic heterocycles. The van der Waals surface area contributed by atoms with Crippen LogP contribution in [-0.2, 0) is 0 Å². The van der Waals surface area contributed by atoms with Gasteiger partial charge in [0.1, 0.15) is 0 Å². The fourth-order valence-corrected chi connectivity index (χ4v) is 6.42. The molecule has 9 aromatic rings. The first-order chi connectivity index (χ1) is 27.8. The summed E-state index contributed by atoms with van der Waals surface area (Å²) in [5.74, 6) is 0. The van der Waals surface area contributed by atoms with E-state index in [2.05, 4.69) is 6.07 Å². The van der Waals surface area contributed by atoms with E-state index in [1.54, 1.807) is 24.3 Å². The van der Waals surface area contributed by atoms with Crippen molar-refractivity contribution in [3.05, 3.63) is 182 Å². The van der Waals surface area contributed by atoms with E-state index in [0.29, 0.717) is 16.5 Å². The van der Waals surface area contributed by atoms with E-state index < -0.39 is 66.0 Å². The highest BCUT2D eigenvalue weighted by atomic mass is 14.2. The molecule has 0 heterocycles. The van der Waals surface area contributed by atoms with Crippen molar-refractivity contribution < 1.29 is 16.4 Å². The summed E-state index contributed by atoms with van der Waals surface area (Å²) >= 11 is 0. The lowest BCUT2D eigenvalue weighted by Crippen LogP contribution is -1.92. The Morgan fingerprint density at radius 3 is 1.78 bits per heavy atom. The summed E-state index contributed by atoms with van der Waals surface area (Å²) in [5, 5.41) is 3.95. The molecule has 0 saturated carbocycles. The third-order valence-electron chi connectivity index (χ3n) is 8.57. The van der Waals surface area contributed by atoms with Crippen molar-refractivity contribution in [3.8, 4) is 44.5 Å². The van der Waals surface area contributed by atoms with Crippen LogP contribution >= 0.6 is 0 Å². The molecule has 0 fully saturated rings. The van der Waals surface area contributed by atoms with Crippen molar-refractivity contribution in [2.24, 2.45) is 0 Å². The Bertz CT molecular complexity index is 3210. The lowest BCUT2D eigenvalue weighted by Gasteiger charge is -2.20. The van der Waals surface area contributed by atoms with Gasteiger partial charge in [0, 0.05) is 0 Å². The van der Waals surface area contributed by atoms with E-state index in [9.17, 15) is 6.85 Å². The van der Waals surface area contributed by atoms with Gasteiger partial charge >= 0.3 is 0 Å². The number of rotatable bonds is 4. The smallest absolute Gasteiger partial charge is 0.0622 e. The Kier molecular flexibility index (Phi) is 4.00. The molecule has 0 aliphatic rings. The number of benzene rings is 9. The van der Waals surface area contributed by atoms with Crippen molar-refractivity contribution in [2.45, 2.75) is 0 Å². The molecule has 0 bridgehead atoms. The third-order valence-corrected chi connectivity index (χ3v) is 8.57. The van der Waals surface area contributed by atoms with Gasteiger partial charge < -0.3 is 0 Å². The summed E-state index contributed by atoms with van der Waals surface area (Å²) in [4.78, 5) is 0. The summed E-state index contributed by atoms with van der Waals surface area (Å²) < 4.78 is 108. The van der Waals surface area contributed by atoms with Gasteiger partial charge in [0.2, 0.25) is 0 Å². The Labute approximate surface area is 285 Å². The second kappa shape index (κ2) is 10.9. The van der Waals surface area contributed by atoms with Gasteiger partial charge in [-0.3, -0.25) is 0 Å². The van der Waals surface area contributed by atoms with Crippen LogP contribution in [0.1, 0.15) is 16.4 Å². The highest BCUT2D eigenvalue weighted by Gasteiger charge is 2.19. The van der Waals surface area contributed by atoms with E-state index in [1.165, 1.54) is 0 Å². The molecular formula is C46H30. The average molecular weight is 595 g/mol. The first-order valence-electron chi connectivity index (χ1n) is 21.0. The van der Waals surface area contributed by atoms with Gasteiger partial charge in [0.05, 0.1) is 16.4 Å². The predicted octanol–water partition coefficient (Wildman–Crippen LogP) is 13.0. The number of hydrogen-bond acceptors (Lipinski definition) is 0. The molecule has 0 unspecified atom stereocenters. The van der Waals surface area contributed by atoms with E-state index in [1.807, 2.05) is 78.9 Å². The highest BCUT2D eigenvalue weighted by molar-refractivity contribution is 6.24. The van der Waals surface area contributed by atoms with Crippen molar-refractivity contribution in [1.82, 2.24) is 0 Å². The van der Waals surface area contributed by atoms with Gasteiger partial charge in [-0.25, -0.2) is 0 Å². The topological polar surface area (TPSA) is 0 Å². The average Bonchev–Trinajstić information content (AvgIpc) is 3.25. The Morgan fingerprint density at radius 1 is 0.326 bits per heavy atom. The quantitative estimate of drug-likeness (QED) is 0.178. The molecule has 0 atom stereocenters. The predicted molar refractivity (Wildman–Crippen MR) is 198 cm³/mol. The standard InChI is InChI=1S/C46H30/c1-2-11-31(12-3-1)38-27-28-43-44(30-38)45(35-24-21-33(22-25-35)37-26-23-32-13-4-5-15-36(32)29-37)41-18-8-9-19-42(41)46(43)40-20-10-16-34-14-6-7-17-39(34)40/h1-30H/i1D,2D,3D,8D,9D,11D,12D,18D,19D,27D,28D,30D. The lowest BCUT2D eigenvalue weighted by atomic mass is 9.83. The summed E-state index contributed by atoms with van der Waals surface area (Å²) in [6.45, 7) is 0. The minimum atomic E-state index is -0.657. The molecule has 46 heavy (non-hydrogen) atoms. The van der Waals surface area contributed by atoms with Crippen molar-refractivity contribution >= 4 is 43.1 Å². The first kappa shape index (κ1) is 16.9. The zero-order chi connectivity index (χ0) is 40.9. The molecular weight excluding hydrogens is 553 g/mol. The number of fused-ring (bicyclic) bond motifs is 4. The Hall–Kier alpha value is -5.98. The SMILES string of the molecule is [2H]c1c([2H])c([2H])c(-c2c([2H])c([2H])c3c(-c4cccc5ccccc45)c4c([2H])c([2H])c([2H])c([2H])c4c(-c4ccc(-c5ccc6ccccc6c5)cc4)c3c2[2H])c([2H])c1[2H]. The maximum Gasteiger partial charge on any atom is 0.0636 e. The van der Waals surface area contributed by atoms with Gasteiger partial charge in [0.25, 0.3) is 0 Å². The summed E-state index contributed by atoms with van der Waals surface area (Å²) in [6, 6.07) is 28.0. The van der Waals surface area contributed by atoms with Gasteiger partial charge in [-0.1, -0.05) is 170 Å². The second-order valence-electron chi connectivity index (χ2n) is 11.2. The molecule has 9 aromatic carbocycles. The van der Waals surface area contributed by atoms with E-state index in [0.717, 1.165) is 27.3 Å². The molecule has 0 radical (unpaired) electrons. The fraction of sp³-hybridized carbons (Fsp3) is 0. The van der Waals surface area contributed by atoms with E-state index in [-0.39, 0.29) is 50.3 Å². The van der Waals surface area contributed by atoms with Gasteiger partial charge in [-0.05, 0) is 99.7 Å². The largest absolute Gasteiger partial charge is 0.0636 e. The minimum Gasteiger partial charge on any atom is -0.0622 e. The molecule has 0 aliphatic heterocycles. The fourth-order valence-electron chi connectivity index (χ4n) is 6.42. The molecule has 0 heteroatoms. The second-order valence-corrected chi connectivity index (χ2v) is 11.2. The molecule has 0 saturated heterocycles. The van der Waals surface area contributed by atoms with Crippen LogP contribution in [0, 0.1) is 0 Å². The first-order valence-corrected chi connectivity index (χ1v) is 15.0. The maximum atomic E-state index is 9.93. The lowest BCUT2D eigenvalue weighted by molar-refractivity contribution is 1.62. The molecule has 0 aliphatic carbocycles. The molecule has 0 amide bonds. The van der Waals surface area contributed by atoms with Crippen LogP contribution in [-0.4, -0.2) is 0 Å². The van der Waals surface area contributed by atoms with Crippen LogP contribution in [0.4, 0.5) is 0 Å². The third kappa shape index (κ3) is 4.38. The molecule has 214 valence electrons. The monoisotopic (exact) mass is 594 g/mol. The zero-order valence-electron chi connectivity index (χ0n) is 36.4. The van der Waals surface area contributed by atoms with E-state index in [4.69, 9.17) is 9.60 Å². The van der Waals surface area contributed by atoms with Gasteiger partial charge in [-0.2, -0.15) is 0 Å². The normalized spacial score (nSPS) is 15.1. The molecule has 0 spiro atoms. The van der Waals surface area contributed by atoms with Crippen LogP contribution in [0.25, 0.3) is 87.6 Å². The molecule has 0 N–H and O–H groups in total. The Morgan fingerprint density at radius 2 is 0.957 bits per heavy atom. The van der Waals surface area contributed by atoms with Crippen molar-refractivity contribution in [3.63, 3.8) is 0 Å². The summed E-state index contributed by atoms with van der Waals surface area (Å²) in [7, 11) is 0. The van der Waals surface area contributed by atoms with Crippen molar-refractivity contribution in [2.75, 3.05) is 0 Å². The zero-order valence-corrected chi connectivity index (χ0v) is 24.4. The van der Waals surface area contributed by atoms with E-state index >= 15 is 0 Å². The van der Waals surface area contributed by atoms with Gasteiger partial charge in [0.15, 0.2) is 0 Å². The van der Waals surface area contributed by atoms with Crippen molar-refractivity contribution in [1.29, 1.82) is 0 Å².